The molecule has 1 rings (SSSR count). The summed E-state index contributed by atoms with van der Waals surface area (Å²) in [4.78, 5) is 0. The van der Waals surface area contributed by atoms with E-state index in [9.17, 15) is 0 Å². The predicted molar refractivity (Wildman–Crippen MR) is 24.8 cm³/mol. The first-order chi connectivity index (χ1) is 2.50. The van der Waals surface area contributed by atoms with Gasteiger partial charge in [0.1, 0.15) is 0 Å². The van der Waals surface area contributed by atoms with Crippen LogP contribution in [-0.2, 0) is 0 Å². The third-order valence-electron chi connectivity index (χ3n) is 0.442. The van der Waals surface area contributed by atoms with E-state index >= 15 is 0 Å². The average molecular weight is 83.0 g/mol. The van der Waals surface area contributed by atoms with Gasteiger partial charge in [0.05, 0.1) is 0 Å². The number of hydrogen-bond acceptors (Lipinski definition) is 0. The largest absolute Gasteiger partial charge is 0.131 e. The maximum Gasteiger partial charge on any atom is 0.00188 e. The molecule has 1 aromatic rings. The highest BCUT2D eigenvalue weighted by atomic mass is 31.0. The Labute approximate surface area is 32.9 Å². The first-order valence-electron chi connectivity index (χ1n) is 1.49. The van der Waals surface area contributed by atoms with Gasteiger partial charge in [0.2, 0.25) is 0 Å². The summed E-state index contributed by atoms with van der Waals surface area (Å²) in [6.45, 7) is 0. The van der Waals surface area contributed by atoms with Crippen molar-refractivity contribution in [3.63, 3.8) is 0 Å². The van der Waals surface area contributed by atoms with Crippen molar-refractivity contribution in [2.75, 3.05) is 0 Å². The van der Waals surface area contributed by atoms with Crippen LogP contribution in [0.3, 0.4) is 0 Å². The van der Waals surface area contributed by atoms with Gasteiger partial charge in [0.25, 0.3) is 0 Å². The van der Waals surface area contributed by atoms with Gasteiger partial charge in [-0.3, -0.25) is 0 Å². The summed E-state index contributed by atoms with van der Waals surface area (Å²) in [7, 11) is 0.823. The Morgan fingerprint density at radius 1 is 1.60 bits per heavy atom. The first kappa shape index (κ1) is 2.99. The standard InChI is InChI=1S/C4H4P/c1-2-4-5-3-1/h1-3,5H. The summed E-state index contributed by atoms with van der Waals surface area (Å²) < 4.78 is 0. The monoisotopic (exact) mass is 83.0 g/mol. The van der Waals surface area contributed by atoms with Crippen LogP contribution in [0.1, 0.15) is 0 Å². The molecule has 0 N–H and O–H groups in total. The van der Waals surface area contributed by atoms with Crippen molar-refractivity contribution in [1.29, 1.82) is 0 Å². The molecule has 0 aliphatic heterocycles. The van der Waals surface area contributed by atoms with Crippen LogP contribution in [0, 0.1) is 5.80 Å². The highest BCUT2D eigenvalue weighted by molar-refractivity contribution is 7.27. The van der Waals surface area contributed by atoms with E-state index in [4.69, 9.17) is 0 Å². The fraction of sp³-hybridized carbons (Fsp3) is 0. The summed E-state index contributed by atoms with van der Waals surface area (Å²) in [6, 6.07) is 3.96. The topological polar surface area (TPSA) is 0 Å². The van der Waals surface area contributed by atoms with Crippen LogP contribution in [0.2, 0.25) is 0 Å². The quantitative estimate of drug-likeness (QED) is 0.446. The number of rotatable bonds is 0. The van der Waals surface area contributed by atoms with Gasteiger partial charge in [-0.15, -0.1) is 8.19 Å². The second-order valence-corrected chi connectivity index (χ2v) is 1.73. The molecule has 0 aliphatic rings. The maximum atomic E-state index is 3.01. The molecule has 1 aromatic heterocycles. The lowest BCUT2D eigenvalue weighted by Crippen LogP contribution is -1.17. The smallest absolute Gasteiger partial charge is 0.00188 e. The first-order valence-corrected chi connectivity index (χ1v) is 2.57. The van der Waals surface area contributed by atoms with E-state index in [-0.39, 0.29) is 0 Å². The van der Waals surface area contributed by atoms with Gasteiger partial charge in [-0.2, -0.15) is 0 Å². The Balaban J connectivity index is 3.13. The van der Waals surface area contributed by atoms with Crippen molar-refractivity contribution < 1.29 is 0 Å². The summed E-state index contributed by atoms with van der Waals surface area (Å²) in [5, 5.41) is 0. The van der Waals surface area contributed by atoms with Gasteiger partial charge in [0.15, 0.2) is 0 Å². The molecule has 0 spiro atoms. The molecule has 0 nitrogen and oxygen atoms in total. The predicted octanol–water partition coefficient (Wildman–Crippen LogP) is 1.52. The second-order valence-electron chi connectivity index (χ2n) is 0.814. The zero-order valence-corrected chi connectivity index (χ0v) is 3.73. The van der Waals surface area contributed by atoms with Crippen molar-refractivity contribution >= 4 is 8.19 Å². The number of hydrogen-bond donors (Lipinski definition) is 0. The van der Waals surface area contributed by atoms with E-state index in [0.29, 0.717) is 0 Å². The van der Waals surface area contributed by atoms with Gasteiger partial charge in [-0.1, -0.05) is 12.1 Å². The van der Waals surface area contributed by atoms with Gasteiger partial charge >= 0.3 is 0 Å². The Hall–Kier alpha value is -0.220. The molecule has 25 valence electrons. The van der Waals surface area contributed by atoms with Crippen molar-refractivity contribution in [2.24, 2.45) is 0 Å². The minimum Gasteiger partial charge on any atom is -0.131 e. The minimum absolute atomic E-state index is 0.823. The molecule has 0 saturated heterocycles. The molecule has 0 fully saturated rings. The Bertz CT molecular complexity index is 60.1. The molecule has 0 amide bonds. The fourth-order valence-corrected chi connectivity index (χ4v) is 0.722. The van der Waals surface area contributed by atoms with Gasteiger partial charge in [0, 0.05) is 5.80 Å². The second kappa shape index (κ2) is 1.28. The zero-order valence-electron chi connectivity index (χ0n) is 2.73. The third-order valence-corrected chi connectivity index (χ3v) is 1.13. The van der Waals surface area contributed by atoms with Crippen LogP contribution >= 0.6 is 8.19 Å². The lowest BCUT2D eigenvalue weighted by molar-refractivity contribution is 2.01. The lowest BCUT2D eigenvalue weighted by atomic mass is 10.7. The Kier molecular flexibility index (Phi) is 0.764. The van der Waals surface area contributed by atoms with Crippen molar-refractivity contribution in [2.45, 2.75) is 0 Å². The molecule has 0 saturated carbocycles. The highest BCUT2D eigenvalue weighted by Gasteiger charge is 1.58. The molecule has 5 heavy (non-hydrogen) atoms. The van der Waals surface area contributed by atoms with E-state index in [1.807, 2.05) is 12.1 Å². The molecule has 1 heteroatoms. The highest BCUT2D eigenvalue weighted by Crippen LogP contribution is 1.98. The third kappa shape index (κ3) is 0.524. The van der Waals surface area contributed by atoms with Crippen molar-refractivity contribution in [3.8, 4) is 0 Å². The molecule has 0 aromatic carbocycles. The summed E-state index contributed by atoms with van der Waals surface area (Å²) in [6.07, 6.45) is 0. The van der Waals surface area contributed by atoms with Gasteiger partial charge < -0.3 is 0 Å². The summed E-state index contributed by atoms with van der Waals surface area (Å²) in [5.41, 5.74) is 0. The molecule has 1 radical (unpaired) electrons. The average Bonchev–Trinajstić information content (AvgIpc) is 1.76. The molecule has 1 atom stereocenters. The molecule has 0 bridgehead atoms. The van der Waals surface area contributed by atoms with E-state index in [1.165, 1.54) is 0 Å². The summed E-state index contributed by atoms with van der Waals surface area (Å²) >= 11 is 0. The molecular formula is C4H4P. The van der Waals surface area contributed by atoms with Crippen LogP contribution < -0.4 is 0 Å². The van der Waals surface area contributed by atoms with Crippen LogP contribution in [-0.4, -0.2) is 0 Å². The van der Waals surface area contributed by atoms with E-state index in [2.05, 4.69) is 11.6 Å². The molecule has 1 unspecified atom stereocenters. The maximum absolute atomic E-state index is 3.01. The SMILES string of the molecule is [c]1ccc[pH]1. The van der Waals surface area contributed by atoms with Gasteiger partial charge in [-0.05, 0) is 5.80 Å². The lowest BCUT2D eigenvalue weighted by Gasteiger charge is -1.39. The molecule has 1 heterocycles. The zero-order chi connectivity index (χ0) is 3.54. The van der Waals surface area contributed by atoms with Crippen molar-refractivity contribution in [1.82, 2.24) is 0 Å². The fourth-order valence-electron chi connectivity index (χ4n) is 0.241. The molecular weight excluding hydrogens is 79.0 g/mol. The van der Waals surface area contributed by atoms with Crippen LogP contribution in [0.25, 0.3) is 0 Å². The van der Waals surface area contributed by atoms with E-state index in [0.717, 1.165) is 8.19 Å². The molecule has 0 aliphatic carbocycles. The van der Waals surface area contributed by atoms with E-state index < -0.39 is 0 Å². The summed E-state index contributed by atoms with van der Waals surface area (Å²) in [5.74, 6) is 5.11. The Morgan fingerprint density at radius 3 is 2.80 bits per heavy atom. The van der Waals surface area contributed by atoms with Crippen LogP contribution in [0.5, 0.6) is 0 Å². The normalized spacial score (nSPS) is 8.00. The Morgan fingerprint density at radius 2 is 2.60 bits per heavy atom. The van der Waals surface area contributed by atoms with Crippen LogP contribution in [0.15, 0.2) is 17.9 Å². The minimum atomic E-state index is 0.823. The van der Waals surface area contributed by atoms with Crippen molar-refractivity contribution in [3.05, 3.63) is 23.7 Å². The van der Waals surface area contributed by atoms with E-state index in [1.54, 1.807) is 0 Å². The van der Waals surface area contributed by atoms with Crippen LogP contribution in [0.4, 0.5) is 0 Å². The van der Waals surface area contributed by atoms with Gasteiger partial charge in [-0.25, -0.2) is 0 Å².